The Morgan fingerprint density at radius 1 is 1.25 bits per heavy atom. The van der Waals surface area contributed by atoms with E-state index < -0.39 is 0 Å². The number of rotatable bonds is 5. The molecule has 0 aliphatic rings. The second-order valence-corrected chi connectivity index (χ2v) is 6.60. The van der Waals surface area contributed by atoms with Crippen molar-refractivity contribution in [2.24, 2.45) is 0 Å². The van der Waals surface area contributed by atoms with Crippen LogP contribution in [0.2, 0.25) is 0 Å². The van der Waals surface area contributed by atoms with Crippen molar-refractivity contribution in [2.75, 3.05) is 0 Å². The van der Waals surface area contributed by atoms with Gasteiger partial charge in [-0.1, -0.05) is 24.2 Å². The number of ether oxygens (including phenoxy) is 1. The molecular formula is C18H18N2O3S. The summed E-state index contributed by atoms with van der Waals surface area (Å²) < 4.78 is 10.6. The molecule has 0 bridgehead atoms. The van der Waals surface area contributed by atoms with Crippen molar-refractivity contribution >= 4 is 17.3 Å². The number of aromatic nitrogens is 2. The smallest absolute Gasteiger partial charge is 0.355 e. The molecule has 0 amide bonds. The van der Waals surface area contributed by atoms with Crippen molar-refractivity contribution in [1.82, 2.24) is 10.1 Å². The first-order valence-corrected chi connectivity index (χ1v) is 8.60. The zero-order chi connectivity index (χ0) is 17.1. The van der Waals surface area contributed by atoms with E-state index >= 15 is 0 Å². The first-order chi connectivity index (χ1) is 11.6. The van der Waals surface area contributed by atoms with Crippen LogP contribution in [-0.4, -0.2) is 16.1 Å². The lowest BCUT2D eigenvalue weighted by Crippen LogP contribution is -2.06. The molecule has 5 nitrogen and oxygen atoms in total. The van der Waals surface area contributed by atoms with Crippen LogP contribution >= 0.6 is 11.3 Å². The first kappa shape index (κ1) is 16.4. The lowest BCUT2D eigenvalue weighted by Gasteiger charge is -2.04. The number of aryl methyl sites for hydroxylation is 3. The van der Waals surface area contributed by atoms with E-state index in [1.54, 1.807) is 18.3 Å². The first-order valence-electron chi connectivity index (χ1n) is 7.78. The fraction of sp³-hybridized carbons (Fsp3) is 0.278. The predicted molar refractivity (Wildman–Crippen MR) is 92.5 cm³/mol. The third-order valence-corrected chi connectivity index (χ3v) is 4.64. The summed E-state index contributed by atoms with van der Waals surface area (Å²) in [5.41, 5.74) is 2.79. The van der Waals surface area contributed by atoms with Crippen LogP contribution in [0.5, 0.6) is 5.75 Å². The summed E-state index contributed by atoms with van der Waals surface area (Å²) in [6.45, 7) is 5.86. The van der Waals surface area contributed by atoms with Gasteiger partial charge in [-0.25, -0.2) is 9.78 Å². The van der Waals surface area contributed by atoms with Crippen LogP contribution in [0.25, 0.3) is 11.1 Å². The van der Waals surface area contributed by atoms with E-state index in [1.165, 1.54) is 11.3 Å². The Hall–Kier alpha value is -2.47. The molecule has 0 spiro atoms. The number of carbonyl (C=O) groups excluding carboxylic acids is 1. The van der Waals surface area contributed by atoms with E-state index in [-0.39, 0.29) is 5.97 Å². The van der Waals surface area contributed by atoms with Crippen molar-refractivity contribution in [3.63, 3.8) is 0 Å². The summed E-state index contributed by atoms with van der Waals surface area (Å²) >= 11 is 1.38. The zero-order valence-electron chi connectivity index (χ0n) is 13.8. The normalized spacial score (nSPS) is 10.8. The van der Waals surface area contributed by atoms with Gasteiger partial charge in [0.05, 0.1) is 16.9 Å². The van der Waals surface area contributed by atoms with Crippen molar-refractivity contribution in [1.29, 1.82) is 0 Å². The standard InChI is InChI=1S/C18H18N2O3S/c1-4-5-16-19-10-15(24-16)18(21)22-14-8-6-13(7-9-14)17-11(2)20-23-12(17)3/h6-10H,4-5H2,1-3H3. The fourth-order valence-electron chi connectivity index (χ4n) is 2.48. The van der Waals surface area contributed by atoms with Crippen LogP contribution < -0.4 is 4.74 Å². The van der Waals surface area contributed by atoms with Gasteiger partial charge in [0.25, 0.3) is 0 Å². The summed E-state index contributed by atoms with van der Waals surface area (Å²) in [4.78, 5) is 16.9. The van der Waals surface area contributed by atoms with E-state index in [2.05, 4.69) is 17.1 Å². The van der Waals surface area contributed by atoms with Crippen LogP contribution in [-0.2, 0) is 6.42 Å². The van der Waals surface area contributed by atoms with E-state index in [0.717, 1.165) is 40.4 Å². The highest BCUT2D eigenvalue weighted by atomic mass is 32.1. The predicted octanol–water partition coefficient (Wildman–Crippen LogP) is 4.59. The molecule has 124 valence electrons. The summed E-state index contributed by atoms with van der Waals surface area (Å²) in [5, 5.41) is 4.91. The van der Waals surface area contributed by atoms with Gasteiger partial charge >= 0.3 is 5.97 Å². The molecule has 0 saturated heterocycles. The average Bonchev–Trinajstić information content (AvgIpc) is 3.16. The highest BCUT2D eigenvalue weighted by molar-refractivity contribution is 7.13. The molecule has 0 aliphatic heterocycles. The fourth-order valence-corrected chi connectivity index (χ4v) is 3.37. The van der Waals surface area contributed by atoms with E-state index in [1.807, 2.05) is 26.0 Å². The number of nitrogens with zero attached hydrogens (tertiary/aromatic N) is 2. The van der Waals surface area contributed by atoms with E-state index in [9.17, 15) is 4.79 Å². The Balaban J connectivity index is 1.73. The Bertz CT molecular complexity index is 830. The summed E-state index contributed by atoms with van der Waals surface area (Å²) in [6, 6.07) is 7.33. The summed E-state index contributed by atoms with van der Waals surface area (Å²) in [5.74, 6) is 0.895. The molecule has 3 aromatic rings. The van der Waals surface area contributed by atoms with Gasteiger partial charge < -0.3 is 9.26 Å². The molecule has 24 heavy (non-hydrogen) atoms. The quantitative estimate of drug-likeness (QED) is 0.501. The SMILES string of the molecule is CCCc1ncc(C(=O)Oc2ccc(-c3c(C)noc3C)cc2)s1. The van der Waals surface area contributed by atoms with Crippen molar-refractivity contribution in [3.8, 4) is 16.9 Å². The highest BCUT2D eigenvalue weighted by Crippen LogP contribution is 2.28. The Kier molecular flexibility index (Phi) is 4.76. The minimum Gasteiger partial charge on any atom is -0.422 e. The van der Waals surface area contributed by atoms with E-state index in [4.69, 9.17) is 9.26 Å². The van der Waals surface area contributed by atoms with Gasteiger partial charge in [-0.05, 0) is 44.4 Å². The minimum absolute atomic E-state index is 0.375. The Labute approximate surface area is 144 Å². The lowest BCUT2D eigenvalue weighted by molar-refractivity contribution is 0.0739. The van der Waals surface area contributed by atoms with Gasteiger partial charge in [0.2, 0.25) is 0 Å². The molecule has 0 atom stereocenters. The molecule has 2 heterocycles. The second kappa shape index (κ2) is 6.97. The van der Waals surface area contributed by atoms with Crippen molar-refractivity contribution in [2.45, 2.75) is 33.6 Å². The van der Waals surface area contributed by atoms with Gasteiger partial charge in [0.1, 0.15) is 16.4 Å². The third-order valence-electron chi connectivity index (χ3n) is 3.61. The molecule has 0 saturated carbocycles. The molecule has 0 N–H and O–H groups in total. The molecule has 0 radical (unpaired) electrons. The minimum atomic E-state index is -0.375. The summed E-state index contributed by atoms with van der Waals surface area (Å²) in [7, 11) is 0. The van der Waals surface area contributed by atoms with Gasteiger partial charge in [0.15, 0.2) is 0 Å². The molecule has 3 rings (SSSR count). The third kappa shape index (κ3) is 3.38. The molecule has 2 aromatic heterocycles. The maximum atomic E-state index is 12.2. The van der Waals surface area contributed by atoms with Crippen molar-refractivity contribution < 1.29 is 14.1 Å². The van der Waals surface area contributed by atoms with E-state index in [0.29, 0.717) is 10.6 Å². The molecule has 1 aromatic carbocycles. The number of benzene rings is 1. The Morgan fingerprint density at radius 2 is 2.00 bits per heavy atom. The van der Waals surface area contributed by atoms with Gasteiger partial charge in [-0.3, -0.25) is 0 Å². The number of hydrogen-bond acceptors (Lipinski definition) is 6. The molecule has 0 fully saturated rings. The lowest BCUT2D eigenvalue weighted by atomic mass is 10.0. The maximum absolute atomic E-state index is 12.2. The van der Waals surface area contributed by atoms with Crippen LogP contribution in [0.3, 0.4) is 0 Å². The molecule has 0 unspecified atom stereocenters. The van der Waals surface area contributed by atoms with Crippen LogP contribution in [0, 0.1) is 13.8 Å². The zero-order valence-corrected chi connectivity index (χ0v) is 14.6. The van der Waals surface area contributed by atoms with Crippen molar-refractivity contribution in [3.05, 3.63) is 51.8 Å². The summed E-state index contributed by atoms with van der Waals surface area (Å²) in [6.07, 6.45) is 3.46. The largest absolute Gasteiger partial charge is 0.422 e. The van der Waals surface area contributed by atoms with Crippen LogP contribution in [0.1, 0.15) is 39.5 Å². The number of esters is 1. The number of hydrogen-bond donors (Lipinski definition) is 0. The van der Waals surface area contributed by atoms with Crippen LogP contribution in [0.15, 0.2) is 35.0 Å². The van der Waals surface area contributed by atoms with Gasteiger partial charge in [-0.2, -0.15) is 0 Å². The van der Waals surface area contributed by atoms with Gasteiger partial charge in [-0.15, -0.1) is 11.3 Å². The topological polar surface area (TPSA) is 65.2 Å². The molecule has 0 aliphatic carbocycles. The van der Waals surface area contributed by atoms with Gasteiger partial charge in [0, 0.05) is 5.56 Å². The second-order valence-electron chi connectivity index (χ2n) is 5.48. The molecule has 6 heteroatoms. The van der Waals surface area contributed by atoms with Crippen LogP contribution in [0.4, 0.5) is 0 Å². The monoisotopic (exact) mass is 342 g/mol. The number of carbonyl (C=O) groups is 1. The molecular weight excluding hydrogens is 324 g/mol. The highest BCUT2D eigenvalue weighted by Gasteiger charge is 2.14. The maximum Gasteiger partial charge on any atom is 0.355 e. The Morgan fingerprint density at radius 3 is 2.62 bits per heavy atom. The average molecular weight is 342 g/mol. The number of thiazole rings is 1.